The molecule has 19 heavy (non-hydrogen) atoms. The standard InChI is InChI=1S/C13H24O4.2K/c1-4-5-6-7-8-9-13(10(2)3,11(14)15)12(16)17;;/h10H,4-9H2,1-3H3,(H,14,15)(H,16,17);;/q;2*+1/p-2. The number of carboxylic acids is 2. The van der Waals surface area contributed by atoms with E-state index in [1.54, 1.807) is 13.8 Å². The summed E-state index contributed by atoms with van der Waals surface area (Å²) in [6.07, 6.45) is 4.72. The van der Waals surface area contributed by atoms with Crippen molar-refractivity contribution in [3.63, 3.8) is 0 Å². The summed E-state index contributed by atoms with van der Waals surface area (Å²) in [5, 5.41) is 22.2. The van der Waals surface area contributed by atoms with E-state index in [0.29, 0.717) is 6.42 Å². The van der Waals surface area contributed by atoms with Crippen LogP contribution in [0.4, 0.5) is 0 Å². The van der Waals surface area contributed by atoms with Crippen molar-refractivity contribution in [1.29, 1.82) is 0 Å². The summed E-state index contributed by atoms with van der Waals surface area (Å²) in [7, 11) is 0. The number of hydrogen-bond acceptors (Lipinski definition) is 4. The van der Waals surface area contributed by atoms with Crippen LogP contribution in [-0.2, 0) is 9.59 Å². The first-order chi connectivity index (χ1) is 7.89. The van der Waals surface area contributed by atoms with Gasteiger partial charge in [-0.15, -0.1) is 0 Å². The molecule has 0 radical (unpaired) electrons. The average Bonchev–Trinajstić information content (AvgIpc) is 2.21. The first kappa shape index (κ1) is 26.1. The quantitative estimate of drug-likeness (QED) is 0.241. The number of carbonyl (C=O) groups excluding carboxylic acids is 2. The van der Waals surface area contributed by atoms with E-state index in [0.717, 1.165) is 25.7 Å². The molecule has 0 aromatic heterocycles. The van der Waals surface area contributed by atoms with E-state index < -0.39 is 23.3 Å². The topological polar surface area (TPSA) is 80.3 Å². The Balaban J connectivity index is -0.00000128. The molecule has 0 atom stereocenters. The Hall–Kier alpha value is 2.21. The van der Waals surface area contributed by atoms with Crippen molar-refractivity contribution in [2.75, 3.05) is 0 Å². The minimum atomic E-state index is -1.84. The number of rotatable bonds is 9. The van der Waals surface area contributed by atoms with E-state index in [-0.39, 0.29) is 109 Å². The second kappa shape index (κ2) is 13.8. The summed E-state index contributed by atoms with van der Waals surface area (Å²) in [5.74, 6) is -3.57. The minimum absolute atomic E-state index is 0. The summed E-state index contributed by atoms with van der Waals surface area (Å²) < 4.78 is 0. The van der Waals surface area contributed by atoms with Gasteiger partial charge in [-0.25, -0.2) is 0 Å². The Morgan fingerprint density at radius 2 is 1.37 bits per heavy atom. The van der Waals surface area contributed by atoms with Crippen LogP contribution < -0.4 is 113 Å². The minimum Gasteiger partial charge on any atom is -0.549 e. The molecule has 0 bridgehead atoms. The maximum Gasteiger partial charge on any atom is 1.00 e. The zero-order valence-corrected chi connectivity index (χ0v) is 19.2. The number of aliphatic carboxylic acids is 2. The van der Waals surface area contributed by atoms with Crippen molar-refractivity contribution in [2.45, 2.75) is 59.3 Å². The molecule has 0 aliphatic rings. The zero-order valence-electron chi connectivity index (χ0n) is 13.0. The van der Waals surface area contributed by atoms with E-state index in [1.165, 1.54) is 0 Å². The molecule has 0 aliphatic heterocycles. The third-order valence-electron chi connectivity index (χ3n) is 3.39. The third kappa shape index (κ3) is 8.42. The van der Waals surface area contributed by atoms with Crippen LogP contribution in [0, 0.1) is 11.3 Å². The summed E-state index contributed by atoms with van der Waals surface area (Å²) in [6.45, 7) is 5.25. The molecule has 0 saturated carbocycles. The first-order valence-corrected chi connectivity index (χ1v) is 6.32. The molecule has 0 aromatic carbocycles. The Morgan fingerprint density at radius 1 is 0.947 bits per heavy atom. The Morgan fingerprint density at radius 3 is 1.68 bits per heavy atom. The third-order valence-corrected chi connectivity index (χ3v) is 3.39. The van der Waals surface area contributed by atoms with Gasteiger partial charge in [-0.3, -0.25) is 0 Å². The normalized spacial score (nSPS) is 10.5. The molecule has 0 N–H and O–H groups in total. The fraction of sp³-hybridized carbons (Fsp3) is 0.846. The molecule has 0 heterocycles. The van der Waals surface area contributed by atoms with Gasteiger partial charge in [0.15, 0.2) is 0 Å². The molecular formula is C13H22K2O4. The molecule has 0 amide bonds. The van der Waals surface area contributed by atoms with Gasteiger partial charge in [-0.1, -0.05) is 52.9 Å². The van der Waals surface area contributed by atoms with Gasteiger partial charge in [0.05, 0.1) is 17.4 Å². The number of hydrogen-bond donors (Lipinski definition) is 0. The molecular weight excluding hydrogens is 298 g/mol. The molecule has 100 valence electrons. The molecule has 0 aliphatic carbocycles. The van der Waals surface area contributed by atoms with Crippen LogP contribution in [-0.4, -0.2) is 11.9 Å². The summed E-state index contributed by atoms with van der Waals surface area (Å²) in [6, 6.07) is 0. The Bertz CT molecular complexity index is 253. The fourth-order valence-electron chi connectivity index (χ4n) is 2.05. The van der Waals surface area contributed by atoms with Crippen LogP contribution in [0.15, 0.2) is 0 Å². The zero-order chi connectivity index (χ0) is 13.5. The van der Waals surface area contributed by atoms with Gasteiger partial charge in [-0.05, 0) is 12.3 Å². The Kier molecular flexibility index (Phi) is 19.0. The number of unbranched alkanes of at least 4 members (excludes halogenated alkanes) is 4. The van der Waals surface area contributed by atoms with Crippen molar-refractivity contribution in [2.24, 2.45) is 11.3 Å². The van der Waals surface area contributed by atoms with Gasteiger partial charge < -0.3 is 19.8 Å². The van der Waals surface area contributed by atoms with Gasteiger partial charge in [0.25, 0.3) is 0 Å². The molecule has 0 spiro atoms. The molecule has 4 nitrogen and oxygen atoms in total. The van der Waals surface area contributed by atoms with Crippen molar-refractivity contribution < 1.29 is 123 Å². The maximum atomic E-state index is 11.1. The molecule has 0 rings (SSSR count). The van der Waals surface area contributed by atoms with Gasteiger partial charge in [0.1, 0.15) is 0 Å². The van der Waals surface area contributed by atoms with E-state index in [1.807, 2.05) is 0 Å². The van der Waals surface area contributed by atoms with E-state index in [2.05, 4.69) is 6.92 Å². The van der Waals surface area contributed by atoms with Crippen LogP contribution in [0.5, 0.6) is 0 Å². The number of carboxylic acid groups (broad SMARTS) is 2. The van der Waals surface area contributed by atoms with Gasteiger partial charge >= 0.3 is 103 Å². The molecule has 0 fully saturated rings. The second-order valence-corrected chi connectivity index (χ2v) is 4.87. The van der Waals surface area contributed by atoms with Gasteiger partial charge in [-0.2, -0.15) is 0 Å². The predicted molar refractivity (Wildman–Crippen MR) is 60.7 cm³/mol. The van der Waals surface area contributed by atoms with Crippen molar-refractivity contribution in [1.82, 2.24) is 0 Å². The van der Waals surface area contributed by atoms with Crippen LogP contribution in [0.25, 0.3) is 0 Å². The smallest absolute Gasteiger partial charge is 0.549 e. The first-order valence-electron chi connectivity index (χ1n) is 6.32. The number of carbonyl (C=O) groups is 2. The molecule has 0 unspecified atom stereocenters. The van der Waals surface area contributed by atoms with Crippen LogP contribution in [0.2, 0.25) is 0 Å². The summed E-state index contributed by atoms with van der Waals surface area (Å²) in [4.78, 5) is 22.2. The predicted octanol–water partition coefficient (Wildman–Crippen LogP) is -5.50. The van der Waals surface area contributed by atoms with Crippen molar-refractivity contribution in [3.05, 3.63) is 0 Å². The summed E-state index contributed by atoms with van der Waals surface area (Å²) in [5.41, 5.74) is -1.84. The monoisotopic (exact) mass is 320 g/mol. The van der Waals surface area contributed by atoms with Crippen LogP contribution in [0.1, 0.15) is 59.3 Å². The Labute approximate surface area is 201 Å². The van der Waals surface area contributed by atoms with E-state index in [9.17, 15) is 19.8 Å². The average molecular weight is 321 g/mol. The second-order valence-electron chi connectivity index (χ2n) is 4.87. The van der Waals surface area contributed by atoms with Gasteiger partial charge in [0, 0.05) is 0 Å². The van der Waals surface area contributed by atoms with E-state index in [4.69, 9.17) is 0 Å². The van der Waals surface area contributed by atoms with Crippen LogP contribution in [0.3, 0.4) is 0 Å². The van der Waals surface area contributed by atoms with Crippen molar-refractivity contribution in [3.8, 4) is 0 Å². The molecule has 0 aromatic rings. The van der Waals surface area contributed by atoms with E-state index >= 15 is 0 Å². The van der Waals surface area contributed by atoms with Gasteiger partial charge in [0.2, 0.25) is 0 Å². The molecule has 6 heteroatoms. The van der Waals surface area contributed by atoms with Crippen molar-refractivity contribution >= 4 is 11.9 Å². The fourth-order valence-corrected chi connectivity index (χ4v) is 2.05. The molecule has 0 saturated heterocycles. The summed E-state index contributed by atoms with van der Waals surface area (Å²) >= 11 is 0. The largest absolute Gasteiger partial charge is 1.00 e. The SMILES string of the molecule is CCCCCCCC(C(=O)[O-])(C(=O)[O-])C(C)C.[K+].[K+]. The van der Waals surface area contributed by atoms with Crippen LogP contribution >= 0.6 is 0 Å². The maximum absolute atomic E-state index is 11.1.